The largest absolute Gasteiger partial charge is 0.506 e. The quantitative estimate of drug-likeness (QED) is 0.706. The van der Waals surface area contributed by atoms with Crippen molar-refractivity contribution in [2.45, 2.75) is 0 Å². The van der Waals surface area contributed by atoms with Crippen LogP contribution in [0.5, 0.6) is 5.75 Å². The van der Waals surface area contributed by atoms with Crippen molar-refractivity contribution in [1.29, 1.82) is 0 Å². The second-order valence-electron chi connectivity index (χ2n) is 4.61. The molecule has 3 amide bonds. The van der Waals surface area contributed by atoms with Gasteiger partial charge in [0, 0.05) is 21.1 Å². The average molecular weight is 295 g/mol. The molecule has 1 aromatic rings. The first-order valence-corrected chi connectivity index (χ1v) is 6.01. The monoisotopic (exact) mass is 295 g/mol. The van der Waals surface area contributed by atoms with Crippen LogP contribution >= 0.6 is 0 Å². The minimum Gasteiger partial charge on any atom is -0.506 e. The molecule has 0 bridgehead atoms. The van der Waals surface area contributed by atoms with Gasteiger partial charge in [-0.3, -0.25) is 4.79 Å². The number of hydrogen-bond acceptors (Lipinski definition) is 4. The first-order valence-electron chi connectivity index (χ1n) is 6.01. The molecule has 0 radical (unpaired) electrons. The number of phenolic OH excluding ortho intramolecular Hbond substituents is 1. The molecule has 0 aromatic heterocycles. The fourth-order valence-corrected chi connectivity index (χ4v) is 1.40. The molecular formula is C13H17N3O5. The van der Waals surface area contributed by atoms with E-state index in [4.69, 9.17) is 5.11 Å². The standard InChI is InChI=1S/C13H17N3O5/c1-15(2)11(18)7-16(3)13(21)14-9-5-4-8(12(19)20)6-10(9)17/h4-6,17H,7H2,1-3H3,(H,14,21)(H,19,20). The van der Waals surface area contributed by atoms with Gasteiger partial charge in [0.1, 0.15) is 12.3 Å². The molecule has 0 atom stereocenters. The second-order valence-corrected chi connectivity index (χ2v) is 4.61. The third kappa shape index (κ3) is 4.37. The zero-order valence-electron chi connectivity index (χ0n) is 12.0. The fraction of sp³-hybridized carbons (Fsp3) is 0.308. The molecule has 8 nitrogen and oxygen atoms in total. The molecule has 0 saturated heterocycles. The van der Waals surface area contributed by atoms with E-state index < -0.39 is 12.0 Å². The van der Waals surface area contributed by atoms with Crippen LogP contribution in [0, 0.1) is 0 Å². The van der Waals surface area contributed by atoms with Gasteiger partial charge in [0.15, 0.2) is 0 Å². The molecule has 0 fully saturated rings. The van der Waals surface area contributed by atoms with E-state index in [1.54, 1.807) is 14.1 Å². The van der Waals surface area contributed by atoms with E-state index >= 15 is 0 Å². The maximum absolute atomic E-state index is 11.9. The minimum absolute atomic E-state index is 0.0640. The lowest BCUT2D eigenvalue weighted by molar-refractivity contribution is -0.129. The van der Waals surface area contributed by atoms with E-state index in [1.165, 1.54) is 24.1 Å². The highest BCUT2D eigenvalue weighted by molar-refractivity contribution is 5.95. The smallest absolute Gasteiger partial charge is 0.335 e. The summed E-state index contributed by atoms with van der Waals surface area (Å²) < 4.78 is 0. The number of rotatable bonds is 4. The summed E-state index contributed by atoms with van der Waals surface area (Å²) in [6, 6.07) is 2.97. The number of carbonyl (C=O) groups is 3. The van der Waals surface area contributed by atoms with Crippen LogP contribution in [0.2, 0.25) is 0 Å². The number of nitrogens with one attached hydrogen (secondary N) is 1. The molecule has 1 aromatic carbocycles. The van der Waals surface area contributed by atoms with Crippen LogP contribution in [0.15, 0.2) is 18.2 Å². The number of aromatic hydroxyl groups is 1. The number of benzene rings is 1. The van der Waals surface area contributed by atoms with Crippen molar-refractivity contribution < 1.29 is 24.6 Å². The van der Waals surface area contributed by atoms with Gasteiger partial charge in [0.25, 0.3) is 0 Å². The van der Waals surface area contributed by atoms with E-state index in [0.29, 0.717) is 0 Å². The lowest BCUT2D eigenvalue weighted by Gasteiger charge is -2.20. The molecule has 21 heavy (non-hydrogen) atoms. The van der Waals surface area contributed by atoms with Crippen LogP contribution in [0.4, 0.5) is 10.5 Å². The van der Waals surface area contributed by atoms with Gasteiger partial charge in [-0.2, -0.15) is 0 Å². The Balaban J connectivity index is 2.75. The molecule has 0 aliphatic rings. The molecule has 0 aliphatic carbocycles. The number of carboxylic acids is 1. The summed E-state index contributed by atoms with van der Waals surface area (Å²) in [4.78, 5) is 36.6. The van der Waals surface area contributed by atoms with Gasteiger partial charge in [-0.05, 0) is 18.2 Å². The molecule has 0 unspecified atom stereocenters. The number of amides is 3. The number of nitrogens with zero attached hydrogens (tertiary/aromatic N) is 2. The molecule has 0 saturated carbocycles. The van der Waals surface area contributed by atoms with E-state index in [-0.39, 0.29) is 29.5 Å². The Morgan fingerprint density at radius 1 is 1.19 bits per heavy atom. The Morgan fingerprint density at radius 2 is 1.81 bits per heavy atom. The maximum Gasteiger partial charge on any atom is 0.335 e. The Morgan fingerprint density at radius 3 is 2.29 bits per heavy atom. The van der Waals surface area contributed by atoms with Gasteiger partial charge in [-0.25, -0.2) is 9.59 Å². The maximum atomic E-state index is 11.9. The number of carboxylic acid groups (broad SMARTS) is 1. The number of anilines is 1. The predicted molar refractivity (Wildman–Crippen MR) is 75.4 cm³/mol. The lowest BCUT2D eigenvalue weighted by atomic mass is 10.2. The predicted octanol–water partition coefficient (Wildman–Crippen LogP) is 0.642. The fourth-order valence-electron chi connectivity index (χ4n) is 1.40. The van der Waals surface area contributed by atoms with Crippen LogP contribution in [0.3, 0.4) is 0 Å². The topological polar surface area (TPSA) is 110 Å². The average Bonchev–Trinajstić information content (AvgIpc) is 2.40. The highest BCUT2D eigenvalue weighted by Crippen LogP contribution is 2.24. The summed E-state index contributed by atoms with van der Waals surface area (Å²) in [5, 5.41) is 20.8. The zero-order chi connectivity index (χ0) is 16.2. The third-order valence-electron chi connectivity index (χ3n) is 2.70. The number of hydrogen-bond donors (Lipinski definition) is 3. The Kier molecular flexibility index (Phi) is 5.12. The van der Waals surface area contributed by atoms with E-state index in [1.807, 2.05) is 0 Å². The van der Waals surface area contributed by atoms with Gasteiger partial charge in [0.05, 0.1) is 11.3 Å². The van der Waals surface area contributed by atoms with Gasteiger partial charge in [-0.15, -0.1) is 0 Å². The van der Waals surface area contributed by atoms with Gasteiger partial charge in [0.2, 0.25) is 5.91 Å². The van der Waals surface area contributed by atoms with Crippen molar-refractivity contribution in [3.05, 3.63) is 23.8 Å². The van der Waals surface area contributed by atoms with Gasteiger partial charge in [-0.1, -0.05) is 0 Å². The van der Waals surface area contributed by atoms with Crippen LogP contribution in [0.25, 0.3) is 0 Å². The van der Waals surface area contributed by atoms with Crippen LogP contribution in [0.1, 0.15) is 10.4 Å². The summed E-state index contributed by atoms with van der Waals surface area (Å²) >= 11 is 0. The minimum atomic E-state index is -1.18. The summed E-state index contributed by atoms with van der Waals surface area (Å²) in [6.07, 6.45) is 0. The molecule has 114 valence electrons. The highest BCUT2D eigenvalue weighted by Gasteiger charge is 2.16. The molecule has 0 heterocycles. The number of phenols is 1. The van der Waals surface area contributed by atoms with E-state index in [0.717, 1.165) is 11.0 Å². The first-order chi connectivity index (χ1) is 9.72. The molecular weight excluding hydrogens is 278 g/mol. The normalized spacial score (nSPS) is 9.86. The third-order valence-corrected chi connectivity index (χ3v) is 2.70. The van der Waals surface area contributed by atoms with E-state index in [9.17, 15) is 19.5 Å². The molecule has 8 heteroatoms. The van der Waals surface area contributed by atoms with Gasteiger partial charge < -0.3 is 25.3 Å². The summed E-state index contributed by atoms with van der Waals surface area (Å²) in [6.45, 7) is -0.118. The molecule has 3 N–H and O–H groups in total. The van der Waals surface area contributed by atoms with Crippen molar-refractivity contribution in [2.75, 3.05) is 33.0 Å². The lowest BCUT2D eigenvalue weighted by Crippen LogP contribution is -2.39. The number of urea groups is 1. The van der Waals surface area contributed by atoms with Crippen LogP contribution in [-0.2, 0) is 4.79 Å². The first kappa shape index (κ1) is 16.3. The zero-order valence-corrected chi connectivity index (χ0v) is 12.0. The number of aromatic carboxylic acids is 1. The Labute approximate surface area is 121 Å². The van der Waals surface area contributed by atoms with Crippen molar-refractivity contribution in [1.82, 2.24) is 9.80 Å². The van der Waals surface area contributed by atoms with Crippen molar-refractivity contribution in [2.24, 2.45) is 0 Å². The van der Waals surface area contributed by atoms with Crippen LogP contribution < -0.4 is 5.32 Å². The molecule has 1 rings (SSSR count). The Bertz CT molecular complexity index is 571. The second kappa shape index (κ2) is 6.60. The van der Waals surface area contributed by atoms with Crippen molar-refractivity contribution in [3.8, 4) is 5.75 Å². The molecule has 0 aliphatic heterocycles. The van der Waals surface area contributed by atoms with Crippen molar-refractivity contribution in [3.63, 3.8) is 0 Å². The summed E-state index contributed by atoms with van der Waals surface area (Å²) in [5.74, 6) is -1.80. The summed E-state index contributed by atoms with van der Waals surface area (Å²) in [7, 11) is 4.58. The molecule has 0 spiro atoms. The van der Waals surface area contributed by atoms with Crippen LogP contribution in [-0.4, -0.2) is 65.6 Å². The van der Waals surface area contributed by atoms with Crippen molar-refractivity contribution >= 4 is 23.6 Å². The summed E-state index contributed by atoms with van der Waals surface area (Å²) in [5.41, 5.74) is -0.0317. The SMILES string of the molecule is CN(C)C(=O)CN(C)C(=O)Nc1ccc(C(=O)O)cc1O. The number of likely N-dealkylation sites (N-methyl/N-ethyl adjacent to an activating group) is 2. The Hall–Kier alpha value is -2.77. The van der Waals surface area contributed by atoms with E-state index in [2.05, 4.69) is 5.32 Å². The number of carbonyl (C=O) groups excluding carboxylic acids is 2. The highest BCUT2D eigenvalue weighted by atomic mass is 16.4. The van der Waals surface area contributed by atoms with Gasteiger partial charge >= 0.3 is 12.0 Å².